The van der Waals surface area contributed by atoms with Crippen molar-refractivity contribution in [1.82, 2.24) is 0 Å². The SMILES string of the molecule is CC(C)(C)c1ccc(N(c2ccc(C(C)(C)C)cc2)c2ccc3c(c2)C2(c4ccccc4-c4ccc(F)cc42)c2cc(N(c4ccc(C(C)(C)C)cc4)c4ccc(C(C)(C)C)cc4)c4c(oc5ccccc54)c2-3)cc1. The lowest BCUT2D eigenvalue weighted by Gasteiger charge is -2.34. The second-order valence-corrected chi connectivity index (χ2v) is 25.2. The Bertz CT molecular complexity index is 3740. The van der Waals surface area contributed by atoms with Crippen molar-refractivity contribution in [2.45, 2.75) is 110 Å². The van der Waals surface area contributed by atoms with Crippen LogP contribution in [-0.2, 0) is 27.1 Å². The lowest BCUT2D eigenvalue weighted by Crippen LogP contribution is -2.27. The molecule has 0 aliphatic heterocycles. The van der Waals surface area contributed by atoms with E-state index in [1.54, 1.807) is 12.1 Å². The number of anilines is 6. The molecule has 10 aromatic rings. The molecule has 75 heavy (non-hydrogen) atoms. The van der Waals surface area contributed by atoms with Gasteiger partial charge in [-0.1, -0.05) is 186 Å². The third kappa shape index (κ3) is 7.73. The van der Waals surface area contributed by atoms with Crippen LogP contribution in [0.15, 0.2) is 192 Å². The highest BCUT2D eigenvalue weighted by molar-refractivity contribution is 6.20. The van der Waals surface area contributed by atoms with Crippen LogP contribution in [0.3, 0.4) is 0 Å². The summed E-state index contributed by atoms with van der Waals surface area (Å²) in [6.07, 6.45) is 0. The topological polar surface area (TPSA) is 19.6 Å². The van der Waals surface area contributed by atoms with Crippen LogP contribution in [0.1, 0.15) is 128 Å². The lowest BCUT2D eigenvalue weighted by molar-refractivity contribution is 0.590. The molecule has 1 spiro atoms. The zero-order chi connectivity index (χ0) is 52.6. The van der Waals surface area contributed by atoms with Crippen molar-refractivity contribution in [2.75, 3.05) is 9.80 Å². The predicted molar refractivity (Wildman–Crippen MR) is 314 cm³/mol. The predicted octanol–water partition coefficient (Wildman–Crippen LogP) is 20.2. The smallest absolute Gasteiger partial charge is 0.145 e. The molecular weight excluding hydrogens is 916 g/mol. The molecule has 1 unspecified atom stereocenters. The van der Waals surface area contributed by atoms with E-state index < -0.39 is 5.41 Å². The highest BCUT2D eigenvalue weighted by Gasteiger charge is 2.54. The molecule has 0 saturated carbocycles. The Kier molecular flexibility index (Phi) is 10.9. The quantitative estimate of drug-likeness (QED) is 0.166. The fourth-order valence-corrected chi connectivity index (χ4v) is 12.1. The van der Waals surface area contributed by atoms with E-state index in [9.17, 15) is 0 Å². The minimum atomic E-state index is -0.938. The van der Waals surface area contributed by atoms with Crippen molar-refractivity contribution in [3.8, 4) is 22.3 Å². The normalized spacial score (nSPS) is 15.1. The van der Waals surface area contributed by atoms with Crippen molar-refractivity contribution in [3.63, 3.8) is 0 Å². The first-order valence-corrected chi connectivity index (χ1v) is 26.7. The highest BCUT2D eigenvalue weighted by atomic mass is 19.1. The van der Waals surface area contributed by atoms with E-state index in [0.717, 1.165) is 101 Å². The third-order valence-electron chi connectivity index (χ3n) is 16.2. The summed E-state index contributed by atoms with van der Waals surface area (Å²) in [6, 6.07) is 68.2. The molecule has 1 atom stereocenters. The van der Waals surface area contributed by atoms with Crippen molar-refractivity contribution in [3.05, 3.63) is 238 Å². The average molecular weight is 983 g/mol. The van der Waals surface area contributed by atoms with Crippen LogP contribution in [0.5, 0.6) is 0 Å². The molecule has 12 rings (SSSR count). The number of halogens is 1. The summed E-state index contributed by atoms with van der Waals surface area (Å²) in [5, 5.41) is 2.07. The summed E-state index contributed by atoms with van der Waals surface area (Å²) < 4.78 is 23.8. The molecule has 0 saturated heterocycles. The van der Waals surface area contributed by atoms with E-state index in [2.05, 4.69) is 263 Å². The molecular formula is C71H67FN2O. The number of para-hydroxylation sites is 1. The summed E-state index contributed by atoms with van der Waals surface area (Å²) in [5.41, 5.74) is 20.3. The van der Waals surface area contributed by atoms with Gasteiger partial charge in [0.2, 0.25) is 0 Å². The van der Waals surface area contributed by atoms with E-state index in [-0.39, 0.29) is 27.5 Å². The first-order valence-electron chi connectivity index (χ1n) is 26.7. The first-order chi connectivity index (χ1) is 35.6. The summed E-state index contributed by atoms with van der Waals surface area (Å²) >= 11 is 0. The molecule has 2 aliphatic carbocycles. The standard InChI is InChI=1S/C71H67FN2O/c1-67(2,3)44-21-30-49(31-22-44)73(50-32-23-45(24-33-50)68(4,5)6)53-38-40-56-60(42-53)71(58-19-15-13-17-54(58)55-39-29-48(72)41-59(55)71)61-43-62(65-57-18-14-16-20-63(57)75-66(65)64(56)61)74(51-34-25-46(26-35-51)69(7,8)9)52-36-27-47(28-37-52)70(10,11)12/h13-43H,1-12H3. The van der Waals surface area contributed by atoms with Gasteiger partial charge in [0.1, 0.15) is 17.0 Å². The molecule has 0 radical (unpaired) electrons. The van der Waals surface area contributed by atoms with Gasteiger partial charge in [-0.05, 0) is 168 Å². The fourth-order valence-electron chi connectivity index (χ4n) is 12.1. The van der Waals surface area contributed by atoms with Crippen molar-refractivity contribution < 1.29 is 8.81 Å². The summed E-state index contributed by atoms with van der Waals surface area (Å²) in [7, 11) is 0. The molecule has 1 aromatic heterocycles. The van der Waals surface area contributed by atoms with E-state index in [4.69, 9.17) is 4.42 Å². The lowest BCUT2D eigenvalue weighted by atomic mass is 9.70. The second kappa shape index (κ2) is 16.9. The maximum Gasteiger partial charge on any atom is 0.145 e. The van der Waals surface area contributed by atoms with Gasteiger partial charge in [-0.25, -0.2) is 4.39 Å². The monoisotopic (exact) mass is 983 g/mol. The summed E-state index contributed by atoms with van der Waals surface area (Å²) in [6.45, 7) is 27.2. The largest absolute Gasteiger partial charge is 0.455 e. The van der Waals surface area contributed by atoms with Crippen LogP contribution in [-0.4, -0.2) is 0 Å². The molecule has 9 aromatic carbocycles. The van der Waals surface area contributed by atoms with Gasteiger partial charge in [0.15, 0.2) is 0 Å². The first kappa shape index (κ1) is 48.3. The van der Waals surface area contributed by atoms with Gasteiger partial charge < -0.3 is 14.2 Å². The molecule has 0 fully saturated rings. The Morgan fingerprint density at radius 3 is 1.32 bits per heavy atom. The Labute approximate surface area is 443 Å². The van der Waals surface area contributed by atoms with E-state index in [1.807, 2.05) is 6.07 Å². The number of fused-ring (bicyclic) bond motifs is 14. The summed E-state index contributed by atoms with van der Waals surface area (Å²) in [5.74, 6) is -0.267. The zero-order valence-corrected chi connectivity index (χ0v) is 45.6. The minimum absolute atomic E-state index is 0.00977. The molecule has 4 heteroatoms. The van der Waals surface area contributed by atoms with Gasteiger partial charge in [-0.15, -0.1) is 0 Å². The zero-order valence-electron chi connectivity index (χ0n) is 45.6. The van der Waals surface area contributed by atoms with E-state index >= 15 is 4.39 Å². The van der Waals surface area contributed by atoms with E-state index in [1.165, 1.54) is 22.3 Å². The average Bonchev–Trinajstić information content (AvgIpc) is 4.13. The van der Waals surface area contributed by atoms with Gasteiger partial charge in [-0.2, -0.15) is 0 Å². The molecule has 3 nitrogen and oxygen atoms in total. The van der Waals surface area contributed by atoms with Crippen LogP contribution in [0.4, 0.5) is 38.5 Å². The number of hydrogen-bond donors (Lipinski definition) is 0. The Hall–Kier alpha value is -7.69. The van der Waals surface area contributed by atoms with Crippen molar-refractivity contribution >= 4 is 56.1 Å². The Balaban J connectivity index is 1.19. The van der Waals surface area contributed by atoms with Crippen LogP contribution in [0.25, 0.3) is 44.2 Å². The molecule has 374 valence electrons. The van der Waals surface area contributed by atoms with Gasteiger partial charge in [0.05, 0.1) is 16.5 Å². The minimum Gasteiger partial charge on any atom is -0.455 e. The van der Waals surface area contributed by atoms with Gasteiger partial charge in [0.25, 0.3) is 0 Å². The highest BCUT2D eigenvalue weighted by Crippen LogP contribution is 2.66. The maximum atomic E-state index is 16.5. The molecule has 0 amide bonds. The Morgan fingerprint density at radius 1 is 0.373 bits per heavy atom. The number of furan rings is 1. The van der Waals surface area contributed by atoms with E-state index in [0.29, 0.717) is 0 Å². The number of rotatable bonds is 6. The maximum absolute atomic E-state index is 16.5. The van der Waals surface area contributed by atoms with Crippen molar-refractivity contribution in [1.29, 1.82) is 0 Å². The second-order valence-electron chi connectivity index (χ2n) is 25.2. The fraction of sp³-hybridized carbons (Fsp3) is 0.239. The van der Waals surface area contributed by atoms with Gasteiger partial charge >= 0.3 is 0 Å². The molecule has 0 N–H and O–H groups in total. The van der Waals surface area contributed by atoms with Crippen LogP contribution >= 0.6 is 0 Å². The van der Waals surface area contributed by atoms with Crippen LogP contribution in [0, 0.1) is 5.82 Å². The molecule has 0 bridgehead atoms. The molecule has 2 aliphatic rings. The Morgan fingerprint density at radius 2 is 0.800 bits per heavy atom. The molecule has 1 heterocycles. The van der Waals surface area contributed by atoms with Gasteiger partial charge in [0, 0.05) is 39.4 Å². The van der Waals surface area contributed by atoms with Crippen LogP contribution < -0.4 is 9.80 Å². The number of nitrogens with zero attached hydrogens (tertiary/aromatic N) is 2. The number of benzene rings is 9. The van der Waals surface area contributed by atoms with Gasteiger partial charge in [-0.3, -0.25) is 0 Å². The number of hydrogen-bond acceptors (Lipinski definition) is 3. The summed E-state index contributed by atoms with van der Waals surface area (Å²) in [4.78, 5) is 4.80. The van der Waals surface area contributed by atoms with Crippen LogP contribution in [0.2, 0.25) is 0 Å². The van der Waals surface area contributed by atoms with Crippen molar-refractivity contribution in [2.24, 2.45) is 0 Å². The third-order valence-corrected chi connectivity index (χ3v) is 16.2.